The Bertz CT molecular complexity index is 527. The topological polar surface area (TPSA) is 64.6 Å². The molecule has 0 aliphatic carbocycles. The number of hydrazone groups is 1. The first-order chi connectivity index (χ1) is 8.40. The maximum absolute atomic E-state index is 6.02. The van der Waals surface area contributed by atoms with Gasteiger partial charge in [-0.25, -0.2) is 0 Å². The van der Waals surface area contributed by atoms with E-state index in [1.165, 1.54) is 0 Å². The lowest BCUT2D eigenvalue weighted by Crippen LogP contribution is -2.43. The summed E-state index contributed by atoms with van der Waals surface area (Å²) in [6.07, 6.45) is 0. The molecule has 18 heavy (non-hydrogen) atoms. The van der Waals surface area contributed by atoms with Gasteiger partial charge < -0.3 is 10.5 Å². The van der Waals surface area contributed by atoms with Gasteiger partial charge in [0.25, 0.3) is 0 Å². The molecule has 1 unspecified atom stereocenters. The summed E-state index contributed by atoms with van der Waals surface area (Å²) in [7, 11) is 1.62. The quantitative estimate of drug-likeness (QED) is 0.650. The number of aryl methyl sites for hydroxylation is 1. The van der Waals surface area contributed by atoms with Crippen LogP contribution >= 0.6 is 15.9 Å². The van der Waals surface area contributed by atoms with Gasteiger partial charge in [-0.2, -0.15) is 5.10 Å². The minimum absolute atomic E-state index is 0.684. The Kier molecular flexibility index (Phi) is 3.25. The van der Waals surface area contributed by atoms with Gasteiger partial charge in [0.1, 0.15) is 5.82 Å². The Morgan fingerprint density at radius 3 is 2.56 bits per heavy atom. The highest BCUT2D eigenvalue weighted by atomic mass is 79.9. The van der Waals surface area contributed by atoms with E-state index in [2.05, 4.69) is 26.5 Å². The highest BCUT2D eigenvalue weighted by Crippen LogP contribution is 2.34. The smallest absolute Gasteiger partial charge is 0.235 e. The second-order valence-electron chi connectivity index (χ2n) is 4.32. The van der Waals surface area contributed by atoms with Gasteiger partial charge in [-0.3, -0.25) is 9.99 Å². The summed E-state index contributed by atoms with van der Waals surface area (Å²) in [6.45, 7) is 5.93. The normalized spacial score (nSPS) is 23.9. The number of nitrogens with two attached hydrogens (primary N) is 1. The van der Waals surface area contributed by atoms with Crippen LogP contribution in [0.25, 0.3) is 5.70 Å². The molecule has 1 atom stereocenters. The molecule has 3 N–H and O–H groups in total. The van der Waals surface area contributed by atoms with E-state index in [4.69, 9.17) is 10.5 Å². The van der Waals surface area contributed by atoms with Crippen molar-refractivity contribution in [2.24, 2.45) is 5.10 Å². The van der Waals surface area contributed by atoms with Crippen LogP contribution in [-0.2, 0) is 4.74 Å². The van der Waals surface area contributed by atoms with Gasteiger partial charge in [-0.05, 0) is 48.8 Å². The van der Waals surface area contributed by atoms with Crippen LogP contribution in [0.4, 0.5) is 5.82 Å². The largest absolute Gasteiger partial charge is 0.385 e. The van der Waals surface area contributed by atoms with Gasteiger partial charge in [0.05, 0.1) is 11.4 Å². The summed E-state index contributed by atoms with van der Waals surface area (Å²) in [4.78, 5) is 0. The minimum atomic E-state index is -0.787. The van der Waals surface area contributed by atoms with Gasteiger partial charge in [0.15, 0.2) is 0 Å². The molecule has 0 saturated heterocycles. The summed E-state index contributed by atoms with van der Waals surface area (Å²) in [5.41, 5.74) is 12.8. The standard InChI is InChI=1S/C12H17BrN4O/c1-7-5-6-10(14)17(7)11-8(2)12(13,18-4)16-15-9(11)3/h5-6,16H,14H2,1-4H3. The fraction of sp³-hybridized carbons (Fsp3) is 0.417. The van der Waals surface area contributed by atoms with Crippen LogP contribution in [0.5, 0.6) is 0 Å². The molecule has 1 aromatic heterocycles. The van der Waals surface area contributed by atoms with Crippen LogP contribution in [0, 0.1) is 6.92 Å². The van der Waals surface area contributed by atoms with E-state index in [0.717, 1.165) is 22.7 Å². The van der Waals surface area contributed by atoms with Crippen molar-refractivity contribution in [3.8, 4) is 0 Å². The zero-order valence-corrected chi connectivity index (χ0v) is 12.5. The van der Waals surface area contributed by atoms with Crippen LogP contribution in [0.3, 0.4) is 0 Å². The van der Waals surface area contributed by atoms with E-state index in [1.807, 2.05) is 37.5 Å². The Morgan fingerprint density at radius 2 is 2.06 bits per heavy atom. The number of rotatable bonds is 2. The first-order valence-electron chi connectivity index (χ1n) is 5.62. The third-order valence-corrected chi connectivity index (χ3v) is 4.25. The van der Waals surface area contributed by atoms with E-state index in [-0.39, 0.29) is 0 Å². The molecule has 0 fully saturated rings. The molecule has 1 aromatic rings. The number of methoxy groups -OCH3 is 1. The molecule has 2 rings (SSSR count). The molecular weight excluding hydrogens is 296 g/mol. The molecule has 1 aliphatic rings. The molecule has 2 heterocycles. The molecule has 0 aromatic carbocycles. The highest BCUT2D eigenvalue weighted by Gasteiger charge is 2.35. The van der Waals surface area contributed by atoms with Crippen molar-refractivity contribution in [1.82, 2.24) is 9.99 Å². The number of nitrogens with one attached hydrogen (secondary N) is 1. The molecule has 0 amide bonds. The Hall–Kier alpha value is -1.27. The van der Waals surface area contributed by atoms with Gasteiger partial charge >= 0.3 is 0 Å². The van der Waals surface area contributed by atoms with Crippen molar-refractivity contribution in [2.45, 2.75) is 25.4 Å². The van der Waals surface area contributed by atoms with Crippen LogP contribution in [-0.4, -0.2) is 22.0 Å². The van der Waals surface area contributed by atoms with Gasteiger partial charge in [-0.15, -0.1) is 0 Å². The maximum atomic E-state index is 6.02. The Balaban J connectivity index is 2.66. The van der Waals surface area contributed by atoms with Gasteiger partial charge in [-0.1, -0.05) is 0 Å². The van der Waals surface area contributed by atoms with E-state index in [9.17, 15) is 0 Å². The zero-order chi connectivity index (χ0) is 13.5. The van der Waals surface area contributed by atoms with E-state index < -0.39 is 4.63 Å². The van der Waals surface area contributed by atoms with Crippen LogP contribution < -0.4 is 11.2 Å². The average Bonchev–Trinajstić information content (AvgIpc) is 2.66. The predicted octanol–water partition coefficient (Wildman–Crippen LogP) is 2.28. The summed E-state index contributed by atoms with van der Waals surface area (Å²) >= 11 is 3.51. The first-order valence-corrected chi connectivity index (χ1v) is 6.41. The fourth-order valence-electron chi connectivity index (χ4n) is 2.11. The van der Waals surface area contributed by atoms with Crippen LogP contribution in [0.2, 0.25) is 0 Å². The number of nitrogens with zero attached hydrogens (tertiary/aromatic N) is 2. The van der Waals surface area contributed by atoms with Crippen molar-refractivity contribution in [3.63, 3.8) is 0 Å². The fourth-order valence-corrected chi connectivity index (χ4v) is 2.39. The second-order valence-corrected chi connectivity index (χ2v) is 5.43. The van der Waals surface area contributed by atoms with Crippen molar-refractivity contribution in [3.05, 3.63) is 23.4 Å². The summed E-state index contributed by atoms with van der Waals surface area (Å²) in [6, 6.07) is 3.86. The molecule has 0 saturated carbocycles. The molecule has 5 nitrogen and oxygen atoms in total. The van der Waals surface area contributed by atoms with Crippen molar-refractivity contribution < 1.29 is 4.74 Å². The van der Waals surface area contributed by atoms with Gasteiger partial charge in [0, 0.05) is 18.4 Å². The lowest BCUT2D eigenvalue weighted by Gasteiger charge is -2.33. The van der Waals surface area contributed by atoms with Crippen molar-refractivity contribution >= 4 is 33.2 Å². The lowest BCUT2D eigenvalue weighted by molar-refractivity contribution is 0.0787. The number of allylic oxidation sites excluding steroid dienone is 1. The number of hydrogen-bond acceptors (Lipinski definition) is 4. The lowest BCUT2D eigenvalue weighted by atomic mass is 10.1. The highest BCUT2D eigenvalue weighted by molar-refractivity contribution is 9.10. The molecule has 1 aliphatic heterocycles. The summed E-state index contributed by atoms with van der Waals surface area (Å²) in [5, 5.41) is 4.28. The number of ether oxygens (including phenoxy) is 1. The molecule has 98 valence electrons. The number of halogens is 1. The SMILES string of the molecule is COC1(Br)NN=C(C)C(n2c(C)ccc2N)=C1C. The molecular formula is C12H17BrN4O. The minimum Gasteiger partial charge on any atom is -0.385 e. The van der Waals surface area contributed by atoms with E-state index in [1.54, 1.807) is 7.11 Å². The third kappa shape index (κ3) is 1.85. The van der Waals surface area contributed by atoms with Crippen molar-refractivity contribution in [2.75, 3.05) is 12.8 Å². The first kappa shape index (κ1) is 13.2. The number of alkyl halides is 1. The predicted molar refractivity (Wildman–Crippen MR) is 77.4 cm³/mol. The zero-order valence-electron chi connectivity index (χ0n) is 10.9. The van der Waals surface area contributed by atoms with E-state index >= 15 is 0 Å². The number of nitrogen functional groups attached to an aromatic ring is 1. The second kappa shape index (κ2) is 4.44. The van der Waals surface area contributed by atoms with Crippen LogP contribution in [0.1, 0.15) is 19.5 Å². The third-order valence-electron chi connectivity index (χ3n) is 3.16. The Morgan fingerprint density at radius 1 is 1.39 bits per heavy atom. The monoisotopic (exact) mass is 312 g/mol. The van der Waals surface area contributed by atoms with E-state index in [0.29, 0.717) is 5.82 Å². The Labute approximate surface area is 115 Å². The van der Waals surface area contributed by atoms with Crippen molar-refractivity contribution in [1.29, 1.82) is 0 Å². The summed E-state index contributed by atoms with van der Waals surface area (Å²) < 4.78 is 6.62. The number of anilines is 1. The average molecular weight is 313 g/mol. The maximum Gasteiger partial charge on any atom is 0.235 e. The summed E-state index contributed by atoms with van der Waals surface area (Å²) in [5.74, 6) is 0.684. The molecule has 0 bridgehead atoms. The number of hydrogen-bond donors (Lipinski definition) is 2. The van der Waals surface area contributed by atoms with Gasteiger partial charge in [0.2, 0.25) is 4.63 Å². The number of aromatic nitrogens is 1. The molecule has 6 heteroatoms. The molecule has 0 radical (unpaired) electrons. The van der Waals surface area contributed by atoms with Crippen LogP contribution in [0.15, 0.2) is 22.8 Å². The molecule has 0 spiro atoms.